The van der Waals surface area contributed by atoms with Crippen LogP contribution in [0.25, 0.3) is 0 Å². The molecular weight excluding hydrogens is 240 g/mol. The molecule has 0 amide bonds. The van der Waals surface area contributed by atoms with Crippen LogP contribution in [0.4, 0.5) is 5.69 Å². The molecule has 0 radical (unpaired) electrons. The average Bonchev–Trinajstić information content (AvgIpc) is 2.26. The Bertz CT molecular complexity index is 499. The van der Waals surface area contributed by atoms with E-state index in [0.29, 0.717) is 24.2 Å². The number of nitrogens with two attached hydrogens (primary N) is 1. The molecule has 0 atom stereocenters. The van der Waals surface area contributed by atoms with Crippen LogP contribution in [0, 0.1) is 5.41 Å². The third kappa shape index (κ3) is 4.41. The Morgan fingerprint density at radius 2 is 2.18 bits per heavy atom. The first-order valence-electron chi connectivity index (χ1n) is 5.16. The lowest BCUT2D eigenvalue weighted by molar-refractivity contribution is 0.586. The van der Waals surface area contributed by atoms with Gasteiger partial charge in [0.1, 0.15) is 5.84 Å². The monoisotopic (exact) mass is 256 g/mol. The SMILES string of the molecule is CCCNS(=O)(=O)Nc1cccc(C(=N)N)c1. The zero-order valence-electron chi connectivity index (χ0n) is 9.53. The zero-order valence-corrected chi connectivity index (χ0v) is 10.3. The van der Waals surface area contributed by atoms with Crippen molar-refractivity contribution in [2.75, 3.05) is 11.3 Å². The van der Waals surface area contributed by atoms with Crippen LogP contribution in [0.5, 0.6) is 0 Å². The molecule has 0 aliphatic rings. The molecule has 1 aromatic carbocycles. The van der Waals surface area contributed by atoms with E-state index in [-0.39, 0.29) is 5.84 Å². The Morgan fingerprint density at radius 3 is 2.76 bits per heavy atom. The zero-order chi connectivity index (χ0) is 12.9. The third-order valence-corrected chi connectivity index (χ3v) is 3.06. The van der Waals surface area contributed by atoms with Crippen molar-refractivity contribution >= 4 is 21.7 Å². The minimum Gasteiger partial charge on any atom is -0.384 e. The van der Waals surface area contributed by atoms with E-state index >= 15 is 0 Å². The van der Waals surface area contributed by atoms with Gasteiger partial charge in [-0.1, -0.05) is 19.1 Å². The number of nitrogen functional groups attached to an aromatic ring is 1. The molecule has 0 heterocycles. The van der Waals surface area contributed by atoms with Crippen LogP contribution in [0.15, 0.2) is 24.3 Å². The largest absolute Gasteiger partial charge is 0.384 e. The highest BCUT2D eigenvalue weighted by Crippen LogP contribution is 2.11. The van der Waals surface area contributed by atoms with Crippen molar-refractivity contribution in [3.05, 3.63) is 29.8 Å². The third-order valence-electron chi connectivity index (χ3n) is 1.97. The van der Waals surface area contributed by atoms with Crippen LogP contribution < -0.4 is 15.2 Å². The van der Waals surface area contributed by atoms with Gasteiger partial charge in [0, 0.05) is 12.1 Å². The fraction of sp³-hybridized carbons (Fsp3) is 0.300. The second-order valence-electron chi connectivity index (χ2n) is 3.49. The lowest BCUT2D eigenvalue weighted by Crippen LogP contribution is -2.30. The summed E-state index contributed by atoms with van der Waals surface area (Å²) in [5.41, 5.74) is 6.17. The van der Waals surface area contributed by atoms with Crippen LogP contribution in [0.2, 0.25) is 0 Å². The van der Waals surface area contributed by atoms with E-state index in [1.165, 1.54) is 6.07 Å². The molecule has 0 aliphatic carbocycles. The maximum absolute atomic E-state index is 11.5. The molecule has 1 rings (SSSR count). The fourth-order valence-corrected chi connectivity index (χ4v) is 2.16. The predicted molar refractivity (Wildman–Crippen MR) is 68.3 cm³/mol. The standard InChI is InChI=1S/C10H16N4O2S/c1-2-6-13-17(15,16)14-9-5-3-4-8(7-9)10(11)12/h3-5,7,13-14H,2,6H2,1H3,(H3,11,12). The van der Waals surface area contributed by atoms with Crippen LogP contribution in [0.3, 0.4) is 0 Å². The maximum atomic E-state index is 11.5. The molecule has 0 fully saturated rings. The molecule has 6 nitrogen and oxygen atoms in total. The first kappa shape index (κ1) is 13.5. The molecule has 0 aromatic heterocycles. The van der Waals surface area contributed by atoms with Crippen LogP contribution >= 0.6 is 0 Å². The quantitative estimate of drug-likeness (QED) is 0.442. The van der Waals surface area contributed by atoms with Gasteiger partial charge in [-0.05, 0) is 18.6 Å². The number of benzene rings is 1. The topological polar surface area (TPSA) is 108 Å². The number of hydrogen-bond acceptors (Lipinski definition) is 3. The second-order valence-corrected chi connectivity index (χ2v) is 4.99. The van der Waals surface area contributed by atoms with E-state index in [4.69, 9.17) is 11.1 Å². The highest BCUT2D eigenvalue weighted by Gasteiger charge is 2.08. The van der Waals surface area contributed by atoms with Crippen molar-refractivity contribution in [3.63, 3.8) is 0 Å². The van der Waals surface area contributed by atoms with E-state index in [1.807, 2.05) is 6.92 Å². The summed E-state index contributed by atoms with van der Waals surface area (Å²) in [7, 11) is -3.55. The second kappa shape index (κ2) is 5.65. The summed E-state index contributed by atoms with van der Waals surface area (Å²) in [4.78, 5) is 0. The van der Waals surface area contributed by atoms with Crippen LogP contribution in [-0.4, -0.2) is 20.8 Å². The first-order chi connectivity index (χ1) is 7.94. The molecule has 7 heteroatoms. The Kier molecular flexibility index (Phi) is 4.47. The van der Waals surface area contributed by atoms with Crippen molar-refractivity contribution < 1.29 is 8.42 Å². The normalized spacial score (nSPS) is 11.1. The summed E-state index contributed by atoms with van der Waals surface area (Å²) < 4.78 is 27.8. The first-order valence-corrected chi connectivity index (χ1v) is 6.65. The van der Waals surface area contributed by atoms with Gasteiger partial charge < -0.3 is 5.73 Å². The van der Waals surface area contributed by atoms with Gasteiger partial charge in [0.05, 0.1) is 5.69 Å². The Hall–Kier alpha value is -1.60. The Morgan fingerprint density at radius 1 is 1.47 bits per heavy atom. The van der Waals surface area contributed by atoms with E-state index in [9.17, 15) is 8.42 Å². The van der Waals surface area contributed by atoms with Gasteiger partial charge in [-0.3, -0.25) is 10.1 Å². The molecule has 0 saturated heterocycles. The number of anilines is 1. The van der Waals surface area contributed by atoms with Gasteiger partial charge in [-0.2, -0.15) is 13.1 Å². The molecule has 0 unspecified atom stereocenters. The lowest BCUT2D eigenvalue weighted by atomic mass is 10.2. The minimum absolute atomic E-state index is 0.104. The molecule has 0 spiro atoms. The van der Waals surface area contributed by atoms with E-state index in [0.717, 1.165) is 0 Å². The molecule has 0 aliphatic heterocycles. The molecule has 5 N–H and O–H groups in total. The highest BCUT2D eigenvalue weighted by molar-refractivity contribution is 7.90. The van der Waals surface area contributed by atoms with Crippen molar-refractivity contribution in [1.82, 2.24) is 4.72 Å². The van der Waals surface area contributed by atoms with Crippen molar-refractivity contribution in [2.24, 2.45) is 5.73 Å². The number of nitrogens with one attached hydrogen (secondary N) is 3. The van der Waals surface area contributed by atoms with Gasteiger partial charge in [0.25, 0.3) is 10.2 Å². The number of rotatable bonds is 6. The summed E-state index contributed by atoms with van der Waals surface area (Å²) >= 11 is 0. The van der Waals surface area contributed by atoms with Gasteiger partial charge in [-0.15, -0.1) is 0 Å². The van der Waals surface area contributed by atoms with Crippen LogP contribution in [0.1, 0.15) is 18.9 Å². The van der Waals surface area contributed by atoms with E-state index < -0.39 is 10.2 Å². The maximum Gasteiger partial charge on any atom is 0.299 e. The number of amidine groups is 1. The highest BCUT2D eigenvalue weighted by atomic mass is 32.2. The molecule has 1 aromatic rings. The van der Waals surface area contributed by atoms with Crippen LogP contribution in [-0.2, 0) is 10.2 Å². The number of hydrogen-bond donors (Lipinski definition) is 4. The molecule has 0 bridgehead atoms. The molecule has 17 heavy (non-hydrogen) atoms. The minimum atomic E-state index is -3.55. The summed E-state index contributed by atoms with van der Waals surface area (Å²) in [5.74, 6) is -0.104. The van der Waals surface area contributed by atoms with E-state index in [2.05, 4.69) is 9.44 Å². The summed E-state index contributed by atoms with van der Waals surface area (Å²) in [6.07, 6.45) is 0.717. The van der Waals surface area contributed by atoms with Gasteiger partial charge in [0.15, 0.2) is 0 Å². The van der Waals surface area contributed by atoms with Gasteiger partial charge in [-0.25, -0.2) is 0 Å². The molecular formula is C10H16N4O2S. The summed E-state index contributed by atoms with van der Waals surface area (Å²) in [5, 5.41) is 7.26. The smallest absolute Gasteiger partial charge is 0.299 e. The Balaban J connectivity index is 2.81. The molecule has 0 saturated carbocycles. The Labute approximate surface area is 101 Å². The van der Waals surface area contributed by atoms with Gasteiger partial charge in [0.2, 0.25) is 0 Å². The molecule has 94 valence electrons. The van der Waals surface area contributed by atoms with E-state index in [1.54, 1.807) is 18.2 Å². The summed E-state index contributed by atoms with van der Waals surface area (Å²) in [6.45, 7) is 2.25. The average molecular weight is 256 g/mol. The van der Waals surface area contributed by atoms with Crippen molar-refractivity contribution in [3.8, 4) is 0 Å². The summed E-state index contributed by atoms with van der Waals surface area (Å²) in [6, 6.07) is 6.37. The van der Waals surface area contributed by atoms with Crippen molar-refractivity contribution in [2.45, 2.75) is 13.3 Å². The van der Waals surface area contributed by atoms with Crippen molar-refractivity contribution in [1.29, 1.82) is 5.41 Å². The van der Waals surface area contributed by atoms with Gasteiger partial charge >= 0.3 is 0 Å². The fourth-order valence-electron chi connectivity index (χ4n) is 1.18. The predicted octanol–water partition coefficient (Wildman–Crippen LogP) is 0.627. The lowest BCUT2D eigenvalue weighted by Gasteiger charge is -2.09.